The average Bonchev–Trinajstić information content (AvgIpc) is 2.82. The molecule has 1 amide bonds. The molecule has 0 atom stereocenters. The number of nitrogens with zero attached hydrogens (tertiary/aromatic N) is 1. The molecule has 0 unspecified atom stereocenters. The Balaban J connectivity index is 1.75. The van der Waals surface area contributed by atoms with Gasteiger partial charge in [0.15, 0.2) is 0 Å². The first kappa shape index (κ1) is 23.2. The predicted octanol–water partition coefficient (Wildman–Crippen LogP) is 3.13. The van der Waals surface area contributed by atoms with Crippen molar-refractivity contribution in [2.24, 2.45) is 5.73 Å². The van der Waals surface area contributed by atoms with Gasteiger partial charge in [-0.1, -0.05) is 12.1 Å². The van der Waals surface area contributed by atoms with Gasteiger partial charge in [0.1, 0.15) is 22.9 Å². The van der Waals surface area contributed by atoms with E-state index in [9.17, 15) is 31.9 Å². The third-order valence-electron chi connectivity index (χ3n) is 5.75. The first-order valence-corrected chi connectivity index (χ1v) is 12.0. The molecule has 181 valence electrons. The molecule has 1 aromatic heterocycles. The van der Waals surface area contributed by atoms with Crippen LogP contribution >= 0.6 is 0 Å². The third kappa shape index (κ3) is 3.89. The molecular formula is C25H16F2N3O5S. The summed E-state index contributed by atoms with van der Waals surface area (Å²) in [5, 5.41) is 14.5. The fraction of sp³-hybridized carbons (Fsp3) is 0.0400. The number of primary amides is 1. The minimum absolute atomic E-state index is 0.0446. The zero-order valence-corrected chi connectivity index (χ0v) is 19.1. The number of amides is 1. The van der Waals surface area contributed by atoms with Crippen LogP contribution in [0.25, 0.3) is 16.6 Å². The Bertz CT molecular complexity index is 1780. The Labute approximate surface area is 202 Å². The molecule has 8 nitrogen and oxygen atoms in total. The van der Waals surface area contributed by atoms with Crippen LogP contribution in [0, 0.1) is 17.7 Å². The standard InChI is InChI=1S/C25H16F2N3O5S/c26-15-4-1-13(2-5-15)11-30-20-7-6-16(27)10-17(20)23(31)22(25(30)33)19-12-36(34,35)21-8-3-14(24(28)32)9-18(21)29-19/h1-2,4-10,12,29,31H,11H2,(H2,28,32). The highest BCUT2D eigenvalue weighted by Crippen LogP contribution is 2.37. The molecule has 0 fully saturated rings. The van der Waals surface area contributed by atoms with Crippen molar-refractivity contribution < 1.29 is 27.1 Å². The zero-order valence-electron chi connectivity index (χ0n) is 18.2. The van der Waals surface area contributed by atoms with Gasteiger partial charge in [-0.15, -0.1) is 0 Å². The van der Waals surface area contributed by atoms with Crippen LogP contribution in [-0.2, 0) is 16.4 Å². The van der Waals surface area contributed by atoms with Gasteiger partial charge in [-0.3, -0.25) is 9.59 Å². The highest BCUT2D eigenvalue weighted by atomic mass is 32.2. The van der Waals surface area contributed by atoms with Gasteiger partial charge in [0.05, 0.1) is 33.7 Å². The maximum absolute atomic E-state index is 14.1. The summed E-state index contributed by atoms with van der Waals surface area (Å²) in [5.41, 5.74) is 4.33. The molecule has 1 aliphatic rings. The fourth-order valence-electron chi connectivity index (χ4n) is 4.05. The van der Waals surface area contributed by atoms with Gasteiger partial charge in [-0.25, -0.2) is 17.2 Å². The van der Waals surface area contributed by atoms with Crippen molar-refractivity contribution in [3.05, 3.63) is 105 Å². The molecule has 1 radical (unpaired) electrons. The predicted molar refractivity (Wildman–Crippen MR) is 128 cm³/mol. The van der Waals surface area contributed by atoms with Gasteiger partial charge in [-0.2, -0.15) is 0 Å². The number of hydrogen-bond acceptors (Lipinski definition) is 6. The minimum Gasteiger partial charge on any atom is -0.506 e. The number of carbonyl (C=O) groups is 1. The van der Waals surface area contributed by atoms with E-state index in [0.29, 0.717) is 5.56 Å². The van der Waals surface area contributed by atoms with E-state index in [2.05, 4.69) is 11.4 Å². The van der Waals surface area contributed by atoms with Crippen LogP contribution in [0.2, 0.25) is 0 Å². The second kappa shape index (κ2) is 8.31. The van der Waals surface area contributed by atoms with Crippen LogP contribution in [0.15, 0.2) is 69.7 Å². The molecule has 5 rings (SSSR count). The number of nitrogens with one attached hydrogen (secondary N) is 1. The molecule has 4 aromatic rings. The minimum atomic E-state index is -4.14. The van der Waals surface area contributed by atoms with E-state index < -0.39 is 44.3 Å². The number of pyridine rings is 1. The molecule has 2 heterocycles. The van der Waals surface area contributed by atoms with Crippen molar-refractivity contribution >= 4 is 38.0 Å². The quantitative estimate of drug-likeness (QED) is 0.388. The number of halogens is 2. The number of fused-ring (bicyclic) bond motifs is 2. The largest absolute Gasteiger partial charge is 0.506 e. The lowest BCUT2D eigenvalue weighted by atomic mass is 10.1. The smallest absolute Gasteiger partial charge is 0.264 e. The number of nitrogens with two attached hydrogens (primary N) is 1. The molecule has 1 aliphatic heterocycles. The summed E-state index contributed by atoms with van der Waals surface area (Å²) in [4.78, 5) is 25.0. The van der Waals surface area contributed by atoms with Crippen molar-refractivity contribution in [3.8, 4) is 5.75 Å². The van der Waals surface area contributed by atoms with Crippen molar-refractivity contribution in [1.82, 2.24) is 4.57 Å². The maximum atomic E-state index is 14.1. The van der Waals surface area contributed by atoms with Gasteiger partial charge in [0.25, 0.3) is 5.56 Å². The normalized spacial score (nSPS) is 14.1. The molecule has 3 aromatic carbocycles. The van der Waals surface area contributed by atoms with Crippen molar-refractivity contribution in [2.75, 3.05) is 5.32 Å². The van der Waals surface area contributed by atoms with Gasteiger partial charge in [0.2, 0.25) is 15.7 Å². The molecule has 11 heteroatoms. The number of anilines is 1. The van der Waals surface area contributed by atoms with Crippen LogP contribution in [0.4, 0.5) is 14.5 Å². The Morgan fingerprint density at radius 1 is 1.08 bits per heavy atom. The molecule has 36 heavy (non-hydrogen) atoms. The van der Waals surface area contributed by atoms with Crippen LogP contribution in [0.5, 0.6) is 5.75 Å². The highest BCUT2D eigenvalue weighted by Gasteiger charge is 2.29. The summed E-state index contributed by atoms with van der Waals surface area (Å²) >= 11 is 0. The number of aromatic nitrogens is 1. The molecule has 0 aliphatic carbocycles. The van der Waals surface area contributed by atoms with Crippen molar-refractivity contribution in [2.45, 2.75) is 11.4 Å². The third-order valence-corrected chi connectivity index (χ3v) is 7.25. The van der Waals surface area contributed by atoms with Crippen LogP contribution in [0.3, 0.4) is 0 Å². The van der Waals surface area contributed by atoms with Crippen molar-refractivity contribution in [1.29, 1.82) is 0 Å². The van der Waals surface area contributed by atoms with E-state index in [-0.39, 0.29) is 39.3 Å². The van der Waals surface area contributed by atoms with E-state index >= 15 is 0 Å². The van der Waals surface area contributed by atoms with Gasteiger partial charge in [0, 0.05) is 10.9 Å². The molecule has 4 N–H and O–H groups in total. The van der Waals surface area contributed by atoms with E-state index in [1.54, 1.807) is 0 Å². The average molecular weight is 508 g/mol. The summed E-state index contributed by atoms with van der Waals surface area (Å²) in [6.45, 7) is -0.0775. The zero-order chi connectivity index (χ0) is 25.8. The van der Waals surface area contributed by atoms with E-state index in [0.717, 1.165) is 29.7 Å². The van der Waals surface area contributed by atoms with Crippen molar-refractivity contribution in [3.63, 3.8) is 0 Å². The Hall–Kier alpha value is -4.51. The lowest BCUT2D eigenvalue weighted by Gasteiger charge is -2.22. The van der Waals surface area contributed by atoms with Gasteiger partial charge in [-0.05, 0) is 54.1 Å². The molecule has 0 bridgehead atoms. The second-order valence-corrected chi connectivity index (χ2v) is 9.86. The SMILES string of the molecule is NC(=O)c1[c]cc2c(c1)NC(c1c(O)c3cc(F)ccc3n(Cc3ccc(F)cc3)c1=O)=CS2(=O)=O. The summed E-state index contributed by atoms with van der Waals surface area (Å²) in [6, 6.07) is 13.5. The number of carbonyl (C=O) groups excluding carboxylic acids is 1. The highest BCUT2D eigenvalue weighted by molar-refractivity contribution is 7.94. The summed E-state index contributed by atoms with van der Waals surface area (Å²) in [7, 11) is -4.14. The first-order valence-electron chi connectivity index (χ1n) is 10.4. The lowest BCUT2D eigenvalue weighted by Crippen LogP contribution is -2.27. The fourth-order valence-corrected chi connectivity index (χ4v) is 5.31. The number of aromatic hydroxyl groups is 1. The first-order chi connectivity index (χ1) is 17.0. The Morgan fingerprint density at radius 2 is 1.78 bits per heavy atom. The Kier molecular flexibility index (Phi) is 5.36. The monoisotopic (exact) mass is 508 g/mol. The summed E-state index contributed by atoms with van der Waals surface area (Å²) in [6.07, 6.45) is 0. The van der Waals surface area contributed by atoms with Crippen LogP contribution in [0.1, 0.15) is 21.5 Å². The lowest BCUT2D eigenvalue weighted by molar-refractivity contribution is 0.1000. The molecular weight excluding hydrogens is 492 g/mol. The number of hydrogen-bond donors (Lipinski definition) is 3. The second-order valence-electron chi connectivity index (χ2n) is 8.09. The van der Waals surface area contributed by atoms with E-state index in [1.807, 2.05) is 0 Å². The summed E-state index contributed by atoms with van der Waals surface area (Å²) < 4.78 is 54.6. The summed E-state index contributed by atoms with van der Waals surface area (Å²) in [5.74, 6) is -2.66. The maximum Gasteiger partial charge on any atom is 0.264 e. The number of benzene rings is 3. The molecule has 0 saturated heterocycles. The number of rotatable bonds is 4. The van der Waals surface area contributed by atoms with E-state index in [1.165, 1.54) is 34.9 Å². The van der Waals surface area contributed by atoms with Gasteiger partial charge >= 0.3 is 0 Å². The van der Waals surface area contributed by atoms with Gasteiger partial charge < -0.3 is 20.7 Å². The molecule has 0 saturated carbocycles. The van der Waals surface area contributed by atoms with E-state index in [4.69, 9.17) is 5.73 Å². The topological polar surface area (TPSA) is 131 Å². The van der Waals surface area contributed by atoms with Crippen LogP contribution < -0.4 is 16.6 Å². The number of sulfone groups is 1. The Morgan fingerprint density at radius 3 is 2.47 bits per heavy atom. The van der Waals surface area contributed by atoms with Crippen LogP contribution in [-0.4, -0.2) is 24.0 Å². The molecule has 0 spiro atoms.